The van der Waals surface area contributed by atoms with Crippen LogP contribution in [0.15, 0.2) is 0 Å². The Kier molecular flexibility index (Phi) is 4.00. The summed E-state index contributed by atoms with van der Waals surface area (Å²) >= 11 is 0. The van der Waals surface area contributed by atoms with Gasteiger partial charge in [-0.25, -0.2) is 0 Å². The van der Waals surface area contributed by atoms with Gasteiger partial charge in [0.25, 0.3) is 0 Å². The van der Waals surface area contributed by atoms with Crippen molar-refractivity contribution in [2.24, 2.45) is 0 Å². The third-order valence-corrected chi connectivity index (χ3v) is 0.871. The Bertz CT molecular complexity index is 86.9. The molecule has 0 aromatic carbocycles. The summed E-state index contributed by atoms with van der Waals surface area (Å²) in [5, 5.41) is 10.5. The highest BCUT2D eigenvalue weighted by atomic mass is 16.5. The lowest BCUT2D eigenvalue weighted by molar-refractivity contribution is 0.121. The van der Waals surface area contributed by atoms with Crippen LogP contribution < -0.4 is 5.32 Å². The summed E-state index contributed by atoms with van der Waals surface area (Å²) in [5.41, 5.74) is 0. The lowest BCUT2D eigenvalue weighted by Crippen LogP contribution is -2.21. The van der Waals surface area contributed by atoms with Gasteiger partial charge in [0.05, 0.1) is 12.6 Å². The second-order valence-electron chi connectivity index (χ2n) is 1.54. The van der Waals surface area contributed by atoms with Crippen LogP contribution in [0.2, 0.25) is 0 Å². The molecular formula is C5H10N2O. The Balaban J connectivity index is 3.01. The molecule has 0 aromatic rings. The molecule has 1 N–H and O–H groups in total. The van der Waals surface area contributed by atoms with Crippen LogP contribution in [-0.4, -0.2) is 19.8 Å². The Morgan fingerprint density at radius 1 is 1.88 bits per heavy atom. The van der Waals surface area contributed by atoms with E-state index in [1.165, 1.54) is 0 Å². The number of hydrogen-bond acceptors (Lipinski definition) is 3. The van der Waals surface area contributed by atoms with Gasteiger partial charge in [0, 0.05) is 7.11 Å². The highest BCUT2D eigenvalue weighted by Gasteiger charge is 1.93. The van der Waals surface area contributed by atoms with Gasteiger partial charge >= 0.3 is 0 Å². The Hall–Kier alpha value is -0.750. The Labute approximate surface area is 49.3 Å². The van der Waals surface area contributed by atoms with Gasteiger partial charge < -0.3 is 10.1 Å². The zero-order chi connectivity index (χ0) is 6.41. The lowest BCUT2D eigenvalue weighted by Gasteiger charge is -2.04. The fraction of sp³-hybridized carbons (Fsp3) is 0.800. The number of hydrogen-bond donors (Lipinski definition) is 1. The van der Waals surface area contributed by atoms with E-state index in [-0.39, 0.29) is 6.10 Å². The third-order valence-electron chi connectivity index (χ3n) is 0.871. The number of nitriles is 1. The average molecular weight is 114 g/mol. The largest absolute Gasteiger partial charge is 0.380 e. The summed E-state index contributed by atoms with van der Waals surface area (Å²) in [7, 11) is 1.61. The molecule has 0 saturated carbocycles. The van der Waals surface area contributed by atoms with Gasteiger partial charge in [0.1, 0.15) is 0 Å². The number of rotatable bonds is 3. The first-order valence-corrected chi connectivity index (χ1v) is 2.46. The zero-order valence-corrected chi connectivity index (χ0v) is 5.14. The van der Waals surface area contributed by atoms with E-state index in [0.29, 0.717) is 6.54 Å². The third kappa shape index (κ3) is 3.44. The molecule has 0 saturated heterocycles. The van der Waals surface area contributed by atoms with Gasteiger partial charge in [-0.1, -0.05) is 0 Å². The Morgan fingerprint density at radius 2 is 2.50 bits per heavy atom. The topological polar surface area (TPSA) is 45.0 Å². The maximum atomic E-state index is 7.99. The quantitative estimate of drug-likeness (QED) is 0.418. The molecule has 0 aliphatic rings. The molecule has 0 fully saturated rings. The molecule has 8 heavy (non-hydrogen) atoms. The van der Waals surface area contributed by atoms with Gasteiger partial charge in [-0.15, -0.1) is 0 Å². The molecule has 0 rings (SSSR count). The van der Waals surface area contributed by atoms with Crippen molar-refractivity contribution in [3.8, 4) is 6.19 Å². The smallest absolute Gasteiger partial charge is 0.176 e. The van der Waals surface area contributed by atoms with Gasteiger partial charge in [-0.3, -0.25) is 0 Å². The van der Waals surface area contributed by atoms with E-state index in [9.17, 15) is 0 Å². The van der Waals surface area contributed by atoms with Crippen molar-refractivity contribution >= 4 is 0 Å². The average Bonchev–Trinajstić information content (AvgIpc) is 1.83. The minimum absolute atomic E-state index is 0.120. The number of nitrogens with one attached hydrogen (secondary N) is 1. The van der Waals surface area contributed by atoms with E-state index >= 15 is 0 Å². The first kappa shape index (κ1) is 7.25. The predicted molar refractivity (Wildman–Crippen MR) is 30.1 cm³/mol. The molecule has 0 aliphatic heterocycles. The van der Waals surface area contributed by atoms with Crippen molar-refractivity contribution in [1.82, 2.24) is 5.32 Å². The zero-order valence-electron chi connectivity index (χ0n) is 5.14. The second kappa shape index (κ2) is 4.41. The number of nitrogens with zero attached hydrogens (tertiary/aromatic N) is 1. The van der Waals surface area contributed by atoms with Crippen LogP contribution in [-0.2, 0) is 4.74 Å². The molecular weight excluding hydrogens is 104 g/mol. The van der Waals surface area contributed by atoms with Crippen molar-refractivity contribution in [2.45, 2.75) is 13.0 Å². The van der Waals surface area contributed by atoms with E-state index in [1.54, 1.807) is 13.3 Å². The number of methoxy groups -OCH3 is 1. The van der Waals surface area contributed by atoms with Gasteiger partial charge in [-0.05, 0) is 6.92 Å². The predicted octanol–water partition coefficient (Wildman–Crippen LogP) is 0.0920. The molecule has 0 radical (unpaired) electrons. The fourth-order valence-corrected chi connectivity index (χ4v) is 0.273. The standard InChI is InChI=1S/C5H10N2O/c1-5(8-2)3-7-4-6/h5,7H,3H2,1-2H3. The second-order valence-corrected chi connectivity index (χ2v) is 1.54. The first-order valence-electron chi connectivity index (χ1n) is 2.46. The molecule has 0 bridgehead atoms. The van der Waals surface area contributed by atoms with Crippen molar-refractivity contribution in [3.05, 3.63) is 0 Å². The normalized spacial score (nSPS) is 12.1. The van der Waals surface area contributed by atoms with Gasteiger partial charge in [0.2, 0.25) is 0 Å². The van der Waals surface area contributed by atoms with Crippen LogP contribution >= 0.6 is 0 Å². The van der Waals surface area contributed by atoms with Crippen molar-refractivity contribution in [1.29, 1.82) is 5.26 Å². The van der Waals surface area contributed by atoms with E-state index in [1.807, 2.05) is 6.92 Å². The molecule has 3 heteroatoms. The monoisotopic (exact) mass is 114 g/mol. The summed E-state index contributed by atoms with van der Waals surface area (Å²) in [6.07, 6.45) is 1.92. The first-order chi connectivity index (χ1) is 3.81. The van der Waals surface area contributed by atoms with Crippen LogP contribution in [0.5, 0.6) is 0 Å². The fourth-order valence-electron chi connectivity index (χ4n) is 0.273. The summed E-state index contributed by atoms with van der Waals surface area (Å²) in [5.74, 6) is 0. The number of ether oxygens (including phenoxy) is 1. The molecule has 46 valence electrons. The van der Waals surface area contributed by atoms with Crippen molar-refractivity contribution < 1.29 is 4.74 Å². The highest BCUT2D eigenvalue weighted by molar-refractivity contribution is 4.66. The summed E-state index contributed by atoms with van der Waals surface area (Å²) in [4.78, 5) is 0. The van der Waals surface area contributed by atoms with Crippen LogP contribution in [0.3, 0.4) is 0 Å². The van der Waals surface area contributed by atoms with E-state index in [0.717, 1.165) is 0 Å². The highest BCUT2D eigenvalue weighted by Crippen LogP contribution is 1.81. The van der Waals surface area contributed by atoms with Crippen LogP contribution in [0, 0.1) is 11.5 Å². The minimum atomic E-state index is 0.120. The molecule has 3 nitrogen and oxygen atoms in total. The van der Waals surface area contributed by atoms with Crippen LogP contribution in [0.25, 0.3) is 0 Å². The molecule has 0 aromatic heterocycles. The minimum Gasteiger partial charge on any atom is -0.380 e. The molecule has 0 heterocycles. The van der Waals surface area contributed by atoms with Crippen molar-refractivity contribution in [2.75, 3.05) is 13.7 Å². The van der Waals surface area contributed by atoms with Crippen LogP contribution in [0.4, 0.5) is 0 Å². The molecule has 0 aliphatic carbocycles. The van der Waals surface area contributed by atoms with E-state index < -0.39 is 0 Å². The maximum absolute atomic E-state index is 7.99. The molecule has 0 spiro atoms. The maximum Gasteiger partial charge on any atom is 0.176 e. The summed E-state index contributed by atoms with van der Waals surface area (Å²) in [6.45, 7) is 2.48. The SMILES string of the molecule is COC(C)CNC#N. The van der Waals surface area contributed by atoms with Crippen LogP contribution in [0.1, 0.15) is 6.92 Å². The van der Waals surface area contributed by atoms with E-state index in [4.69, 9.17) is 10.00 Å². The molecule has 1 atom stereocenters. The summed E-state index contributed by atoms with van der Waals surface area (Å²) in [6, 6.07) is 0. The Morgan fingerprint density at radius 3 is 2.88 bits per heavy atom. The van der Waals surface area contributed by atoms with Crippen molar-refractivity contribution in [3.63, 3.8) is 0 Å². The van der Waals surface area contributed by atoms with Gasteiger partial charge in [0.15, 0.2) is 6.19 Å². The van der Waals surface area contributed by atoms with E-state index in [2.05, 4.69) is 5.32 Å². The molecule has 1 unspecified atom stereocenters. The molecule has 0 amide bonds. The summed E-state index contributed by atoms with van der Waals surface area (Å²) < 4.78 is 4.84. The van der Waals surface area contributed by atoms with Gasteiger partial charge in [-0.2, -0.15) is 5.26 Å². The lowest BCUT2D eigenvalue weighted by atomic mass is 10.4.